The van der Waals surface area contributed by atoms with Crippen molar-refractivity contribution in [3.63, 3.8) is 0 Å². The Labute approximate surface area is 182 Å². The summed E-state index contributed by atoms with van der Waals surface area (Å²) in [6, 6.07) is 4.15. The van der Waals surface area contributed by atoms with Crippen LogP contribution in [0, 0.1) is 17.7 Å². The smallest absolute Gasteiger partial charge is 0.400 e. The topological polar surface area (TPSA) is 39.4 Å². The average Bonchev–Trinajstić information content (AvgIpc) is 2.75. The third kappa shape index (κ3) is 5.83. The summed E-state index contributed by atoms with van der Waals surface area (Å²) in [5.74, 6) is -1.74. The van der Waals surface area contributed by atoms with Gasteiger partial charge in [-0.3, -0.25) is 0 Å². The van der Waals surface area contributed by atoms with Crippen LogP contribution in [0.5, 0.6) is 5.75 Å². The van der Waals surface area contributed by atoms with Gasteiger partial charge in [-0.05, 0) is 49.1 Å². The van der Waals surface area contributed by atoms with Crippen molar-refractivity contribution in [2.75, 3.05) is 0 Å². The van der Waals surface area contributed by atoms with E-state index >= 15 is 0 Å². The Hall–Kier alpha value is -1.98. The molecule has 1 aromatic carbocycles. The summed E-state index contributed by atoms with van der Waals surface area (Å²) in [5, 5.41) is -0.0296. The van der Waals surface area contributed by atoms with E-state index in [-0.39, 0.29) is 5.39 Å². The fourth-order valence-electron chi connectivity index (χ4n) is 4.58. The lowest BCUT2D eigenvalue weighted by Crippen LogP contribution is -2.37. The van der Waals surface area contributed by atoms with Crippen LogP contribution in [0.1, 0.15) is 83.8 Å². The van der Waals surface area contributed by atoms with Gasteiger partial charge in [0.2, 0.25) is 0 Å². The number of benzene rings is 1. The molecule has 0 atom stereocenters. The number of rotatable bonds is 10. The predicted molar refractivity (Wildman–Crippen MR) is 116 cm³/mol. The molecular formula is C25H33F3O3. The monoisotopic (exact) mass is 438 g/mol. The molecule has 1 fully saturated rings. The van der Waals surface area contributed by atoms with E-state index in [0.717, 1.165) is 25.7 Å². The molecular weight excluding hydrogens is 405 g/mol. The summed E-state index contributed by atoms with van der Waals surface area (Å²) < 4.78 is 54.4. The van der Waals surface area contributed by atoms with Gasteiger partial charge < -0.3 is 9.15 Å². The van der Waals surface area contributed by atoms with Crippen LogP contribution in [0.15, 0.2) is 27.4 Å². The average molecular weight is 439 g/mol. The summed E-state index contributed by atoms with van der Waals surface area (Å²) in [6.45, 7) is 3.99. The summed E-state index contributed by atoms with van der Waals surface area (Å²) in [7, 11) is 0. The molecule has 172 valence electrons. The number of fused-ring (bicyclic) bond motifs is 1. The Morgan fingerprint density at radius 3 is 2.45 bits per heavy atom. The van der Waals surface area contributed by atoms with Crippen molar-refractivity contribution in [3.05, 3.63) is 40.2 Å². The number of alkyl halides is 2. The van der Waals surface area contributed by atoms with E-state index in [2.05, 4.69) is 6.92 Å². The zero-order chi connectivity index (χ0) is 22.4. The van der Waals surface area contributed by atoms with Crippen LogP contribution in [0.4, 0.5) is 13.2 Å². The van der Waals surface area contributed by atoms with Crippen LogP contribution in [0.25, 0.3) is 10.8 Å². The van der Waals surface area contributed by atoms with E-state index < -0.39 is 29.2 Å². The maximum atomic E-state index is 14.8. The Balaban J connectivity index is 1.62. The summed E-state index contributed by atoms with van der Waals surface area (Å²) in [5.41, 5.74) is -0.875. The van der Waals surface area contributed by atoms with Crippen molar-refractivity contribution in [1.29, 1.82) is 0 Å². The van der Waals surface area contributed by atoms with E-state index in [1.165, 1.54) is 37.8 Å². The molecule has 0 N–H and O–H groups in total. The highest BCUT2D eigenvalue weighted by Crippen LogP contribution is 2.42. The molecule has 1 aliphatic carbocycles. The second kappa shape index (κ2) is 10.6. The molecule has 3 nitrogen and oxygen atoms in total. The molecule has 3 rings (SSSR count). The number of hydrogen-bond donors (Lipinski definition) is 0. The quantitative estimate of drug-likeness (QED) is 0.358. The SMILES string of the molecule is CCCCCCCC1CCC(C(F)(F)Oc2ccc3cc(CC)oc(=O)c3c2F)CC1. The first kappa shape index (κ1) is 23.7. The minimum atomic E-state index is -3.48. The molecule has 31 heavy (non-hydrogen) atoms. The van der Waals surface area contributed by atoms with E-state index in [0.29, 0.717) is 36.3 Å². The van der Waals surface area contributed by atoms with Crippen LogP contribution in [0.3, 0.4) is 0 Å². The molecule has 1 aliphatic rings. The van der Waals surface area contributed by atoms with Crippen molar-refractivity contribution < 1.29 is 22.3 Å². The maximum Gasteiger partial charge on any atom is 0.400 e. The number of ether oxygens (including phenoxy) is 1. The van der Waals surface area contributed by atoms with Gasteiger partial charge in [-0.15, -0.1) is 0 Å². The molecule has 0 bridgehead atoms. The second-order valence-corrected chi connectivity index (χ2v) is 8.78. The van der Waals surface area contributed by atoms with Crippen molar-refractivity contribution in [1.82, 2.24) is 0 Å². The van der Waals surface area contributed by atoms with Crippen molar-refractivity contribution in [3.8, 4) is 5.75 Å². The lowest BCUT2D eigenvalue weighted by molar-refractivity contribution is -0.224. The number of hydrogen-bond acceptors (Lipinski definition) is 3. The number of aryl methyl sites for hydroxylation is 1. The van der Waals surface area contributed by atoms with E-state index in [1.54, 1.807) is 13.0 Å². The first-order valence-corrected chi connectivity index (χ1v) is 11.7. The van der Waals surface area contributed by atoms with E-state index in [9.17, 15) is 18.0 Å². The predicted octanol–water partition coefficient (Wildman–Crippen LogP) is 7.63. The second-order valence-electron chi connectivity index (χ2n) is 8.78. The first-order chi connectivity index (χ1) is 14.9. The molecule has 0 saturated heterocycles. The Bertz CT molecular complexity index is 914. The van der Waals surface area contributed by atoms with Gasteiger partial charge in [0.15, 0.2) is 11.6 Å². The van der Waals surface area contributed by atoms with Gasteiger partial charge in [0.05, 0.1) is 5.92 Å². The zero-order valence-corrected chi connectivity index (χ0v) is 18.5. The van der Waals surface area contributed by atoms with Crippen LogP contribution >= 0.6 is 0 Å². The Morgan fingerprint density at radius 1 is 1.06 bits per heavy atom. The van der Waals surface area contributed by atoms with Gasteiger partial charge in [0.1, 0.15) is 11.1 Å². The van der Waals surface area contributed by atoms with Crippen molar-refractivity contribution in [2.24, 2.45) is 11.8 Å². The molecule has 0 amide bonds. The molecule has 1 heterocycles. The normalized spacial score (nSPS) is 19.6. The Kier molecular flexibility index (Phi) is 8.06. The van der Waals surface area contributed by atoms with Gasteiger partial charge in [0, 0.05) is 6.42 Å². The molecule has 1 aromatic heterocycles. The first-order valence-electron chi connectivity index (χ1n) is 11.7. The molecule has 0 radical (unpaired) electrons. The van der Waals surface area contributed by atoms with Crippen molar-refractivity contribution in [2.45, 2.75) is 90.6 Å². The van der Waals surface area contributed by atoms with Gasteiger partial charge in [-0.1, -0.05) is 58.4 Å². The molecule has 2 aromatic rings. The molecule has 1 saturated carbocycles. The fraction of sp³-hybridized carbons (Fsp3) is 0.640. The molecule has 0 spiro atoms. The largest absolute Gasteiger partial charge is 0.429 e. The van der Waals surface area contributed by atoms with Crippen molar-refractivity contribution >= 4 is 10.8 Å². The highest BCUT2D eigenvalue weighted by atomic mass is 19.3. The highest BCUT2D eigenvalue weighted by Gasteiger charge is 2.44. The standard InChI is InChI=1S/C25H33F3O3/c1-3-5-6-7-8-9-17-10-13-19(14-11-17)25(27,28)31-21-15-12-18-16-20(4-2)30-24(29)22(18)23(21)26/h12,15-17,19H,3-11,13-14H2,1-2H3. The number of unbranched alkanes of at least 4 members (excludes halogenated alkanes) is 4. The van der Waals surface area contributed by atoms with Crippen LogP contribution in [-0.4, -0.2) is 6.11 Å². The minimum absolute atomic E-state index is 0.320. The van der Waals surface area contributed by atoms with Crippen LogP contribution in [0.2, 0.25) is 0 Å². The maximum absolute atomic E-state index is 14.8. The third-order valence-corrected chi connectivity index (χ3v) is 6.52. The highest BCUT2D eigenvalue weighted by molar-refractivity contribution is 5.83. The van der Waals surface area contributed by atoms with Gasteiger partial charge in [-0.25, -0.2) is 9.18 Å². The summed E-state index contributed by atoms with van der Waals surface area (Å²) in [4.78, 5) is 12.1. The number of halogens is 3. The van der Waals surface area contributed by atoms with Gasteiger partial charge >= 0.3 is 11.7 Å². The van der Waals surface area contributed by atoms with E-state index in [4.69, 9.17) is 9.15 Å². The molecule has 0 unspecified atom stereocenters. The van der Waals surface area contributed by atoms with Gasteiger partial charge in [-0.2, -0.15) is 8.78 Å². The minimum Gasteiger partial charge on any atom is -0.429 e. The third-order valence-electron chi connectivity index (χ3n) is 6.52. The Morgan fingerprint density at radius 2 is 1.77 bits per heavy atom. The van der Waals surface area contributed by atoms with Crippen LogP contribution in [-0.2, 0) is 6.42 Å². The lowest BCUT2D eigenvalue weighted by Gasteiger charge is -2.33. The fourth-order valence-corrected chi connectivity index (χ4v) is 4.58. The molecule has 0 aliphatic heterocycles. The lowest BCUT2D eigenvalue weighted by atomic mass is 9.79. The summed E-state index contributed by atoms with van der Waals surface area (Å²) in [6.07, 6.45) is 6.40. The van der Waals surface area contributed by atoms with Crippen LogP contribution < -0.4 is 10.4 Å². The van der Waals surface area contributed by atoms with E-state index in [1.807, 2.05) is 0 Å². The zero-order valence-electron chi connectivity index (χ0n) is 18.5. The summed E-state index contributed by atoms with van der Waals surface area (Å²) >= 11 is 0. The van der Waals surface area contributed by atoms with Gasteiger partial charge in [0.25, 0.3) is 0 Å². The molecule has 6 heteroatoms.